The van der Waals surface area contributed by atoms with Gasteiger partial charge in [0, 0.05) is 4.47 Å². The first kappa shape index (κ1) is 17.6. The van der Waals surface area contributed by atoms with E-state index in [1.165, 1.54) is 0 Å². The van der Waals surface area contributed by atoms with Gasteiger partial charge in [-0.2, -0.15) is 0 Å². The van der Waals surface area contributed by atoms with Gasteiger partial charge in [-0.05, 0) is 68.2 Å². The van der Waals surface area contributed by atoms with Gasteiger partial charge in [0.2, 0.25) is 0 Å². The van der Waals surface area contributed by atoms with Crippen molar-refractivity contribution in [1.29, 1.82) is 0 Å². The van der Waals surface area contributed by atoms with Crippen LogP contribution >= 0.6 is 27.5 Å². The zero-order valence-corrected chi connectivity index (χ0v) is 15.8. The maximum Gasteiger partial charge on any atom is 0.413 e. The number of carbonyl (C=O) groups excluding carboxylic acids is 1. The maximum absolute atomic E-state index is 12.6. The van der Waals surface area contributed by atoms with Crippen molar-refractivity contribution in [3.8, 4) is 0 Å². The number of ether oxygens (including phenoxy) is 2. The second-order valence-electron chi connectivity index (χ2n) is 6.80. The molecule has 0 aromatic heterocycles. The van der Waals surface area contributed by atoms with Gasteiger partial charge in [0.1, 0.15) is 11.3 Å². The lowest BCUT2D eigenvalue weighted by molar-refractivity contribution is -0.0626. The molecule has 1 aromatic carbocycles. The molecule has 0 aliphatic carbocycles. The van der Waals surface area contributed by atoms with Crippen LogP contribution in [0.4, 0.5) is 4.79 Å². The lowest BCUT2D eigenvalue weighted by Gasteiger charge is -2.35. The van der Waals surface area contributed by atoms with Gasteiger partial charge in [-0.1, -0.05) is 17.7 Å². The molecule has 0 radical (unpaired) electrons. The van der Waals surface area contributed by atoms with Crippen LogP contribution in [0.3, 0.4) is 0 Å². The molecular formula is C16H21BrClNO3. The summed E-state index contributed by atoms with van der Waals surface area (Å²) in [5.41, 5.74) is -0.326. The van der Waals surface area contributed by atoms with Crippen LogP contribution in [0.1, 0.15) is 46.2 Å². The van der Waals surface area contributed by atoms with E-state index >= 15 is 0 Å². The Bertz CT molecular complexity index is 583. The molecule has 0 bridgehead atoms. The lowest BCUT2D eigenvalue weighted by atomic mass is 10.1. The molecule has 0 N–H and O–H groups in total. The minimum absolute atomic E-state index is 0.210. The molecule has 0 spiro atoms. The second kappa shape index (κ2) is 6.02. The van der Waals surface area contributed by atoms with Crippen molar-refractivity contribution in [1.82, 2.24) is 4.90 Å². The van der Waals surface area contributed by atoms with Crippen LogP contribution in [-0.4, -0.2) is 28.9 Å². The normalized spacial score (nSPS) is 21.0. The topological polar surface area (TPSA) is 38.8 Å². The van der Waals surface area contributed by atoms with Gasteiger partial charge in [-0.3, -0.25) is 4.90 Å². The zero-order valence-electron chi connectivity index (χ0n) is 13.4. The van der Waals surface area contributed by atoms with E-state index in [2.05, 4.69) is 15.9 Å². The van der Waals surface area contributed by atoms with Crippen molar-refractivity contribution < 1.29 is 14.3 Å². The molecule has 122 valence electrons. The van der Waals surface area contributed by atoms with E-state index in [-0.39, 0.29) is 12.1 Å². The Kier molecular flexibility index (Phi) is 4.81. The van der Waals surface area contributed by atoms with Gasteiger partial charge in [0.05, 0.1) is 17.7 Å². The number of carbonyl (C=O) groups is 1. The molecule has 22 heavy (non-hydrogen) atoms. The Balaban J connectivity index is 2.33. The average Bonchev–Trinajstić information content (AvgIpc) is 2.66. The summed E-state index contributed by atoms with van der Waals surface area (Å²) in [6.07, 6.45) is -0.383. The van der Waals surface area contributed by atoms with Crippen molar-refractivity contribution in [2.75, 3.05) is 6.61 Å². The van der Waals surface area contributed by atoms with E-state index in [0.29, 0.717) is 11.6 Å². The summed E-state index contributed by atoms with van der Waals surface area (Å²) in [6.45, 7) is 9.69. The molecule has 6 heteroatoms. The number of nitrogens with zero attached hydrogens (tertiary/aromatic N) is 1. The quantitative estimate of drug-likeness (QED) is 0.666. The van der Waals surface area contributed by atoms with Gasteiger partial charge in [-0.15, -0.1) is 0 Å². The molecule has 1 aliphatic heterocycles. The fraction of sp³-hybridized carbons (Fsp3) is 0.562. The molecule has 1 atom stereocenters. The fourth-order valence-electron chi connectivity index (χ4n) is 2.43. The second-order valence-corrected chi connectivity index (χ2v) is 8.06. The Morgan fingerprint density at radius 3 is 2.64 bits per heavy atom. The van der Waals surface area contributed by atoms with Crippen molar-refractivity contribution in [3.63, 3.8) is 0 Å². The zero-order chi connectivity index (χ0) is 16.7. The summed E-state index contributed by atoms with van der Waals surface area (Å²) in [4.78, 5) is 14.2. The highest BCUT2D eigenvalue weighted by Crippen LogP contribution is 2.39. The summed E-state index contributed by atoms with van der Waals surface area (Å²) in [5, 5.41) is 0.630. The SMILES string of the molecule is CC(C)(C)OC(=O)N1[C@H](c2ccc(Cl)c(Br)c2)COC1(C)C. The van der Waals surface area contributed by atoms with E-state index < -0.39 is 11.3 Å². The smallest absolute Gasteiger partial charge is 0.413 e. The number of benzene rings is 1. The molecule has 1 heterocycles. The average molecular weight is 391 g/mol. The highest BCUT2D eigenvalue weighted by Gasteiger charge is 2.46. The monoisotopic (exact) mass is 389 g/mol. The molecule has 1 saturated heterocycles. The van der Waals surface area contributed by atoms with Crippen LogP contribution in [0.5, 0.6) is 0 Å². The third kappa shape index (κ3) is 3.76. The molecule has 0 saturated carbocycles. The van der Waals surface area contributed by atoms with E-state index in [1.807, 2.05) is 46.8 Å². The molecule has 1 amide bonds. The first-order valence-corrected chi connectivity index (χ1v) is 8.29. The van der Waals surface area contributed by atoms with E-state index in [1.54, 1.807) is 11.0 Å². The van der Waals surface area contributed by atoms with Crippen molar-refractivity contribution >= 4 is 33.6 Å². The van der Waals surface area contributed by atoms with Gasteiger partial charge in [-0.25, -0.2) is 4.79 Å². The molecular weight excluding hydrogens is 370 g/mol. The fourth-order valence-corrected chi connectivity index (χ4v) is 2.94. The van der Waals surface area contributed by atoms with Crippen LogP contribution < -0.4 is 0 Å². The minimum Gasteiger partial charge on any atom is -0.444 e. The van der Waals surface area contributed by atoms with Crippen molar-refractivity contribution in [2.45, 2.75) is 52.0 Å². The van der Waals surface area contributed by atoms with Gasteiger partial charge >= 0.3 is 6.09 Å². The number of hydrogen-bond donors (Lipinski definition) is 0. The van der Waals surface area contributed by atoms with E-state index in [9.17, 15) is 4.79 Å². The van der Waals surface area contributed by atoms with Crippen LogP contribution in [0.2, 0.25) is 5.02 Å². The van der Waals surface area contributed by atoms with E-state index in [4.69, 9.17) is 21.1 Å². The lowest BCUT2D eigenvalue weighted by Crippen LogP contribution is -2.47. The van der Waals surface area contributed by atoms with Gasteiger partial charge < -0.3 is 9.47 Å². The largest absolute Gasteiger partial charge is 0.444 e. The number of rotatable bonds is 1. The highest BCUT2D eigenvalue weighted by molar-refractivity contribution is 9.10. The first-order valence-electron chi connectivity index (χ1n) is 7.12. The van der Waals surface area contributed by atoms with Crippen molar-refractivity contribution in [3.05, 3.63) is 33.3 Å². The third-order valence-corrected chi connectivity index (χ3v) is 4.62. The van der Waals surface area contributed by atoms with Crippen molar-refractivity contribution in [2.24, 2.45) is 0 Å². The number of hydrogen-bond acceptors (Lipinski definition) is 3. The Labute approximate surface area is 144 Å². The molecule has 4 nitrogen and oxygen atoms in total. The van der Waals surface area contributed by atoms with Crippen LogP contribution in [-0.2, 0) is 9.47 Å². The first-order chi connectivity index (χ1) is 10.0. The Hall–Kier alpha value is -0.780. The molecule has 0 unspecified atom stereocenters. The summed E-state index contributed by atoms with van der Waals surface area (Å²) in [5.74, 6) is 0. The standard InChI is InChI=1S/C16H21BrClNO3/c1-15(2,3)22-14(20)19-13(9-21-16(19,4)5)10-6-7-12(18)11(17)8-10/h6-8,13H,9H2,1-5H3/t13-/m0/s1. The predicted octanol–water partition coefficient (Wildman–Crippen LogP) is 5.15. The molecule has 1 aliphatic rings. The summed E-state index contributed by atoms with van der Waals surface area (Å²) in [6, 6.07) is 5.41. The number of amides is 1. The Morgan fingerprint density at radius 1 is 1.45 bits per heavy atom. The Morgan fingerprint density at radius 2 is 2.09 bits per heavy atom. The van der Waals surface area contributed by atoms with Crippen LogP contribution in [0.15, 0.2) is 22.7 Å². The van der Waals surface area contributed by atoms with E-state index in [0.717, 1.165) is 10.0 Å². The van der Waals surface area contributed by atoms with Crippen LogP contribution in [0.25, 0.3) is 0 Å². The van der Waals surface area contributed by atoms with Gasteiger partial charge in [0.25, 0.3) is 0 Å². The van der Waals surface area contributed by atoms with Gasteiger partial charge in [0.15, 0.2) is 0 Å². The summed E-state index contributed by atoms with van der Waals surface area (Å²) in [7, 11) is 0. The highest BCUT2D eigenvalue weighted by atomic mass is 79.9. The maximum atomic E-state index is 12.6. The minimum atomic E-state index is -0.723. The van der Waals surface area contributed by atoms with Crippen LogP contribution in [0, 0.1) is 0 Å². The summed E-state index contributed by atoms with van der Waals surface area (Å²) < 4.78 is 12.1. The summed E-state index contributed by atoms with van der Waals surface area (Å²) >= 11 is 9.47. The molecule has 2 rings (SSSR count). The molecule has 1 aromatic rings. The predicted molar refractivity (Wildman–Crippen MR) is 90.0 cm³/mol. The third-order valence-electron chi connectivity index (χ3n) is 3.40. The molecule has 1 fully saturated rings. The number of halogens is 2.